The molecule has 6 aromatic rings. The minimum atomic E-state index is 0.381. The third kappa shape index (κ3) is 7.24. The molecule has 8 nitrogen and oxygen atoms in total. The SMILES string of the molecule is Cc1ccc(-c2nc(C3CCN(C)CC3)[nH]c2-c2ccnc(Cc3cc(-c4nc(C5CCNCC5)[nH]c4-c4ccncc4)ccc3Cl)c2)cc1Cl. The molecule has 6 heterocycles. The van der Waals surface area contributed by atoms with E-state index in [1.54, 1.807) is 0 Å². The molecule has 8 rings (SSSR count). The Morgan fingerprint density at radius 3 is 2.02 bits per heavy atom. The van der Waals surface area contributed by atoms with Gasteiger partial charge < -0.3 is 20.2 Å². The molecule has 0 unspecified atom stereocenters. The van der Waals surface area contributed by atoms with E-state index in [1.165, 1.54) is 0 Å². The monoisotopic (exact) mass is 716 g/mol. The number of halogens is 2. The van der Waals surface area contributed by atoms with Crippen molar-refractivity contribution in [2.24, 2.45) is 0 Å². The molecular formula is C41H42Cl2N8. The van der Waals surface area contributed by atoms with Gasteiger partial charge in [-0.15, -0.1) is 0 Å². The molecule has 0 radical (unpaired) electrons. The molecule has 3 N–H and O–H groups in total. The van der Waals surface area contributed by atoms with E-state index >= 15 is 0 Å². The van der Waals surface area contributed by atoms with Crippen molar-refractivity contribution >= 4 is 23.2 Å². The van der Waals surface area contributed by atoms with Crippen molar-refractivity contribution in [3.63, 3.8) is 0 Å². The Bertz CT molecular complexity index is 2140. The molecule has 10 heteroatoms. The van der Waals surface area contributed by atoms with Crippen LogP contribution in [0, 0.1) is 6.92 Å². The van der Waals surface area contributed by atoms with E-state index in [1.807, 2.05) is 49.8 Å². The van der Waals surface area contributed by atoms with E-state index in [2.05, 4.69) is 68.6 Å². The number of aromatic nitrogens is 6. The predicted octanol–water partition coefficient (Wildman–Crippen LogP) is 9.07. The van der Waals surface area contributed by atoms with Gasteiger partial charge in [-0.3, -0.25) is 9.97 Å². The van der Waals surface area contributed by atoms with Crippen molar-refractivity contribution in [2.75, 3.05) is 33.2 Å². The number of benzene rings is 2. The van der Waals surface area contributed by atoms with Crippen LogP contribution in [0.15, 0.2) is 79.3 Å². The molecule has 2 fully saturated rings. The van der Waals surface area contributed by atoms with Crippen molar-refractivity contribution in [3.05, 3.63) is 118 Å². The van der Waals surface area contributed by atoms with Gasteiger partial charge in [0.2, 0.25) is 0 Å². The molecule has 2 aliphatic heterocycles. The van der Waals surface area contributed by atoms with Crippen LogP contribution in [0.4, 0.5) is 0 Å². The summed E-state index contributed by atoms with van der Waals surface area (Å²) >= 11 is 13.5. The first-order chi connectivity index (χ1) is 24.9. The maximum atomic E-state index is 6.90. The molecule has 0 saturated carbocycles. The first-order valence-electron chi connectivity index (χ1n) is 17.9. The van der Waals surface area contributed by atoms with Crippen LogP contribution in [0.2, 0.25) is 10.0 Å². The van der Waals surface area contributed by atoms with Crippen molar-refractivity contribution in [2.45, 2.75) is 50.9 Å². The highest BCUT2D eigenvalue weighted by atomic mass is 35.5. The number of likely N-dealkylation sites (tertiary alicyclic amines) is 1. The van der Waals surface area contributed by atoms with Gasteiger partial charge in [-0.05, 0) is 119 Å². The summed E-state index contributed by atoms with van der Waals surface area (Å²) in [6.07, 6.45) is 10.4. The van der Waals surface area contributed by atoms with E-state index in [9.17, 15) is 0 Å². The highest BCUT2D eigenvalue weighted by Gasteiger charge is 2.25. The number of rotatable bonds is 8. The maximum Gasteiger partial charge on any atom is 0.110 e. The number of aryl methyl sites for hydroxylation is 1. The fourth-order valence-corrected chi connectivity index (χ4v) is 7.79. The number of piperidine rings is 2. The van der Waals surface area contributed by atoms with Gasteiger partial charge in [-0.1, -0.05) is 41.4 Å². The second kappa shape index (κ2) is 14.7. The molecule has 4 aromatic heterocycles. The smallest absolute Gasteiger partial charge is 0.110 e. The molecule has 2 saturated heterocycles. The van der Waals surface area contributed by atoms with Crippen LogP contribution in [0.25, 0.3) is 45.0 Å². The average Bonchev–Trinajstić information content (AvgIpc) is 3.81. The van der Waals surface area contributed by atoms with Gasteiger partial charge in [-0.2, -0.15) is 0 Å². The molecule has 260 valence electrons. The number of aromatic amines is 2. The summed E-state index contributed by atoms with van der Waals surface area (Å²) in [6, 6.07) is 20.7. The third-order valence-electron chi connectivity index (χ3n) is 10.5. The lowest BCUT2D eigenvalue weighted by Crippen LogP contribution is -2.29. The van der Waals surface area contributed by atoms with Gasteiger partial charge in [0, 0.05) is 74.8 Å². The number of pyridine rings is 2. The number of imidazole rings is 2. The third-order valence-corrected chi connectivity index (χ3v) is 11.3. The molecular weight excluding hydrogens is 675 g/mol. The normalized spacial score (nSPS) is 16.2. The highest BCUT2D eigenvalue weighted by Crippen LogP contribution is 2.38. The predicted molar refractivity (Wildman–Crippen MR) is 206 cm³/mol. The van der Waals surface area contributed by atoms with Crippen molar-refractivity contribution < 1.29 is 0 Å². The Balaban J connectivity index is 1.14. The fraction of sp³-hybridized carbons (Fsp3) is 0.317. The number of hydrogen-bond acceptors (Lipinski definition) is 6. The Morgan fingerprint density at radius 2 is 1.31 bits per heavy atom. The van der Waals surface area contributed by atoms with E-state index in [4.69, 9.17) is 38.2 Å². The average molecular weight is 718 g/mol. The number of nitrogens with one attached hydrogen (secondary N) is 3. The lowest BCUT2D eigenvalue weighted by Gasteiger charge is -2.27. The molecule has 2 aromatic carbocycles. The van der Waals surface area contributed by atoms with Crippen LogP contribution in [-0.4, -0.2) is 68.0 Å². The van der Waals surface area contributed by atoms with Gasteiger partial charge >= 0.3 is 0 Å². The van der Waals surface area contributed by atoms with Gasteiger partial charge in [0.05, 0.1) is 22.8 Å². The van der Waals surface area contributed by atoms with Gasteiger partial charge in [0.25, 0.3) is 0 Å². The highest BCUT2D eigenvalue weighted by molar-refractivity contribution is 6.32. The summed E-state index contributed by atoms with van der Waals surface area (Å²) in [5, 5.41) is 4.91. The maximum absolute atomic E-state index is 6.90. The summed E-state index contributed by atoms with van der Waals surface area (Å²) in [6.45, 7) is 6.15. The standard InChI is InChI=1S/C41H42Cl2N8/c1-25-3-4-30(24-35(25)43)38-39(50-41(49-38)28-12-19-51(2)20-13-28)31-11-18-46-33(22-31)23-32-21-29(5-6-34(32)42)37-36(26-7-14-44-15-8-26)47-40(48-37)27-9-16-45-17-10-27/h3-8,11,14-15,18,21-22,24,27-28,45H,9-10,12-13,16-17,19-20,23H2,1-2H3,(H,47,48)(H,49,50). The number of hydrogen-bond donors (Lipinski definition) is 3. The van der Waals surface area contributed by atoms with Crippen molar-refractivity contribution in [3.8, 4) is 45.0 Å². The number of H-pyrrole nitrogens is 2. The lowest BCUT2D eigenvalue weighted by atomic mass is 9.96. The van der Waals surface area contributed by atoms with Crippen LogP contribution in [-0.2, 0) is 6.42 Å². The largest absolute Gasteiger partial charge is 0.341 e. The first-order valence-corrected chi connectivity index (χ1v) is 18.7. The van der Waals surface area contributed by atoms with Gasteiger partial charge in [0.1, 0.15) is 11.6 Å². The quantitative estimate of drug-likeness (QED) is 0.145. The second-order valence-electron chi connectivity index (χ2n) is 14.0. The lowest BCUT2D eigenvalue weighted by molar-refractivity contribution is 0.251. The van der Waals surface area contributed by atoms with Crippen LogP contribution >= 0.6 is 23.2 Å². The van der Waals surface area contributed by atoms with Gasteiger partial charge in [0.15, 0.2) is 0 Å². The zero-order chi connectivity index (χ0) is 34.9. The molecule has 0 spiro atoms. The minimum absolute atomic E-state index is 0.381. The zero-order valence-corrected chi connectivity index (χ0v) is 30.5. The first kappa shape index (κ1) is 33.8. The zero-order valence-electron chi connectivity index (χ0n) is 29.0. The molecule has 0 aliphatic carbocycles. The molecule has 2 aliphatic rings. The Hall–Kier alpha value is -4.34. The fourth-order valence-electron chi connectivity index (χ4n) is 7.42. The van der Waals surface area contributed by atoms with E-state index in [0.717, 1.165) is 130 Å². The van der Waals surface area contributed by atoms with Crippen LogP contribution in [0.1, 0.15) is 66.0 Å². The molecule has 0 amide bonds. The topological polar surface area (TPSA) is 98.4 Å². The Labute approximate surface area is 309 Å². The summed E-state index contributed by atoms with van der Waals surface area (Å²) in [5.74, 6) is 2.84. The Kier molecular flexibility index (Phi) is 9.75. The summed E-state index contributed by atoms with van der Waals surface area (Å²) in [5.41, 5.74) is 10.9. The van der Waals surface area contributed by atoms with Crippen LogP contribution in [0.3, 0.4) is 0 Å². The molecule has 0 bridgehead atoms. The number of nitrogens with zero attached hydrogens (tertiary/aromatic N) is 5. The van der Waals surface area contributed by atoms with Crippen molar-refractivity contribution in [1.29, 1.82) is 0 Å². The van der Waals surface area contributed by atoms with Crippen LogP contribution < -0.4 is 5.32 Å². The molecule has 0 atom stereocenters. The Morgan fingerprint density at radius 1 is 0.686 bits per heavy atom. The molecule has 51 heavy (non-hydrogen) atoms. The minimum Gasteiger partial charge on any atom is -0.341 e. The van der Waals surface area contributed by atoms with E-state index in [0.29, 0.717) is 23.3 Å². The van der Waals surface area contributed by atoms with Crippen LogP contribution in [0.5, 0.6) is 0 Å². The van der Waals surface area contributed by atoms with Gasteiger partial charge in [-0.25, -0.2) is 9.97 Å². The summed E-state index contributed by atoms with van der Waals surface area (Å²) in [4.78, 5) is 29.3. The summed E-state index contributed by atoms with van der Waals surface area (Å²) < 4.78 is 0. The summed E-state index contributed by atoms with van der Waals surface area (Å²) in [7, 11) is 2.19. The van der Waals surface area contributed by atoms with E-state index < -0.39 is 0 Å². The second-order valence-corrected chi connectivity index (χ2v) is 14.8. The van der Waals surface area contributed by atoms with Crippen molar-refractivity contribution in [1.82, 2.24) is 40.1 Å². The van der Waals surface area contributed by atoms with E-state index in [-0.39, 0.29) is 0 Å².